The SMILES string of the molecule is Cc1nc(NC2CC2)cc(N(C)CC(=O)O)n1. The molecule has 0 unspecified atom stereocenters. The number of nitrogens with one attached hydrogen (secondary N) is 1. The summed E-state index contributed by atoms with van der Waals surface area (Å²) in [5.41, 5.74) is 0. The van der Waals surface area contributed by atoms with Crippen LogP contribution in [0.1, 0.15) is 18.7 Å². The van der Waals surface area contributed by atoms with Crippen LogP contribution in [0.5, 0.6) is 0 Å². The summed E-state index contributed by atoms with van der Waals surface area (Å²) in [6, 6.07) is 2.30. The summed E-state index contributed by atoms with van der Waals surface area (Å²) < 4.78 is 0. The van der Waals surface area contributed by atoms with E-state index in [1.807, 2.05) is 0 Å². The molecule has 17 heavy (non-hydrogen) atoms. The molecule has 6 heteroatoms. The summed E-state index contributed by atoms with van der Waals surface area (Å²) in [6.45, 7) is 1.73. The van der Waals surface area contributed by atoms with Crippen LogP contribution in [-0.2, 0) is 4.79 Å². The highest BCUT2D eigenvalue weighted by Gasteiger charge is 2.22. The van der Waals surface area contributed by atoms with Gasteiger partial charge in [0, 0.05) is 19.2 Å². The van der Waals surface area contributed by atoms with Crippen LogP contribution in [0, 0.1) is 6.92 Å². The Morgan fingerprint density at radius 3 is 2.88 bits per heavy atom. The van der Waals surface area contributed by atoms with Crippen molar-refractivity contribution < 1.29 is 9.90 Å². The molecule has 2 rings (SSSR count). The standard InChI is InChI=1S/C11H16N4O2/c1-7-12-9(14-8-3-4-8)5-10(13-7)15(2)6-11(16)17/h5,8H,3-4,6H2,1-2H3,(H,16,17)(H,12,13,14). The minimum absolute atomic E-state index is 0.0701. The van der Waals surface area contributed by atoms with Crippen LogP contribution in [0.2, 0.25) is 0 Å². The third-order valence-electron chi connectivity index (χ3n) is 2.52. The molecule has 1 aromatic heterocycles. The quantitative estimate of drug-likeness (QED) is 0.790. The van der Waals surface area contributed by atoms with Gasteiger partial charge in [-0.05, 0) is 19.8 Å². The van der Waals surface area contributed by atoms with E-state index < -0.39 is 5.97 Å². The second-order valence-corrected chi connectivity index (χ2v) is 4.33. The van der Waals surface area contributed by atoms with E-state index in [2.05, 4.69) is 15.3 Å². The van der Waals surface area contributed by atoms with Gasteiger partial charge in [-0.2, -0.15) is 0 Å². The third-order valence-corrected chi connectivity index (χ3v) is 2.52. The van der Waals surface area contributed by atoms with Crippen LogP contribution in [0.3, 0.4) is 0 Å². The van der Waals surface area contributed by atoms with Gasteiger partial charge in [0.15, 0.2) is 0 Å². The number of likely N-dealkylation sites (N-methyl/N-ethyl adjacent to an activating group) is 1. The zero-order valence-electron chi connectivity index (χ0n) is 9.97. The average molecular weight is 236 g/mol. The number of aromatic nitrogens is 2. The van der Waals surface area contributed by atoms with Gasteiger partial charge in [0.25, 0.3) is 0 Å². The maximum atomic E-state index is 10.6. The number of anilines is 2. The van der Waals surface area contributed by atoms with Crippen molar-refractivity contribution in [1.29, 1.82) is 0 Å². The molecule has 1 aromatic rings. The van der Waals surface area contributed by atoms with Crippen LogP contribution < -0.4 is 10.2 Å². The number of carboxylic acid groups (broad SMARTS) is 1. The van der Waals surface area contributed by atoms with Crippen molar-refractivity contribution in [3.63, 3.8) is 0 Å². The highest BCUT2D eigenvalue weighted by atomic mass is 16.4. The van der Waals surface area contributed by atoms with Crippen molar-refractivity contribution in [3.8, 4) is 0 Å². The summed E-state index contributed by atoms with van der Waals surface area (Å²) in [5, 5.41) is 12.0. The van der Waals surface area contributed by atoms with Gasteiger partial charge >= 0.3 is 5.97 Å². The van der Waals surface area contributed by atoms with Crippen molar-refractivity contribution >= 4 is 17.6 Å². The van der Waals surface area contributed by atoms with E-state index in [0.717, 1.165) is 5.82 Å². The van der Waals surface area contributed by atoms with Gasteiger partial charge < -0.3 is 15.3 Å². The van der Waals surface area contributed by atoms with Gasteiger partial charge in [-0.1, -0.05) is 0 Å². The van der Waals surface area contributed by atoms with E-state index in [0.29, 0.717) is 17.7 Å². The summed E-state index contributed by atoms with van der Waals surface area (Å²) in [7, 11) is 1.71. The van der Waals surface area contributed by atoms with E-state index in [4.69, 9.17) is 5.11 Å². The maximum Gasteiger partial charge on any atom is 0.323 e. The van der Waals surface area contributed by atoms with Crippen LogP contribution >= 0.6 is 0 Å². The molecule has 0 bridgehead atoms. The third kappa shape index (κ3) is 3.30. The highest BCUT2D eigenvalue weighted by molar-refractivity contribution is 5.73. The number of hydrogen-bond acceptors (Lipinski definition) is 5. The van der Waals surface area contributed by atoms with Crippen LogP contribution in [0.25, 0.3) is 0 Å². The largest absolute Gasteiger partial charge is 0.480 e. The fourth-order valence-corrected chi connectivity index (χ4v) is 1.54. The molecule has 6 nitrogen and oxygen atoms in total. The Morgan fingerprint density at radius 1 is 1.59 bits per heavy atom. The fourth-order valence-electron chi connectivity index (χ4n) is 1.54. The van der Waals surface area contributed by atoms with Crippen LogP contribution in [0.4, 0.5) is 11.6 Å². The highest BCUT2D eigenvalue weighted by Crippen LogP contribution is 2.25. The molecular formula is C11H16N4O2. The Kier molecular flexibility index (Phi) is 3.12. The molecule has 0 aromatic carbocycles. The first-order valence-corrected chi connectivity index (χ1v) is 5.60. The van der Waals surface area contributed by atoms with Gasteiger partial charge in [0.05, 0.1) is 0 Å². The van der Waals surface area contributed by atoms with E-state index in [1.165, 1.54) is 12.8 Å². The Labute approximate surface area is 99.7 Å². The summed E-state index contributed by atoms with van der Waals surface area (Å²) in [6.07, 6.45) is 2.34. The lowest BCUT2D eigenvalue weighted by Crippen LogP contribution is -2.26. The molecule has 1 aliphatic rings. The van der Waals surface area contributed by atoms with Crippen LogP contribution in [0.15, 0.2) is 6.07 Å². The first-order chi connectivity index (χ1) is 8.04. The van der Waals surface area contributed by atoms with Gasteiger partial charge in [0.1, 0.15) is 24.0 Å². The van der Waals surface area contributed by atoms with Crippen molar-refractivity contribution in [2.24, 2.45) is 0 Å². The summed E-state index contributed by atoms with van der Waals surface area (Å²) in [4.78, 5) is 20.7. The molecule has 1 heterocycles. The molecule has 1 saturated carbocycles. The topological polar surface area (TPSA) is 78.4 Å². The predicted molar refractivity (Wildman–Crippen MR) is 64.3 cm³/mol. The minimum atomic E-state index is -0.875. The number of rotatable bonds is 5. The molecule has 92 valence electrons. The number of aliphatic carboxylic acids is 1. The summed E-state index contributed by atoms with van der Waals surface area (Å²) >= 11 is 0. The zero-order valence-corrected chi connectivity index (χ0v) is 9.97. The number of carbonyl (C=O) groups is 1. The molecule has 0 spiro atoms. The smallest absolute Gasteiger partial charge is 0.323 e. The fraction of sp³-hybridized carbons (Fsp3) is 0.545. The lowest BCUT2D eigenvalue weighted by molar-refractivity contribution is -0.135. The summed E-state index contributed by atoms with van der Waals surface area (Å²) in [5.74, 6) is 1.17. The normalized spacial score (nSPS) is 14.5. The Morgan fingerprint density at radius 2 is 2.29 bits per heavy atom. The Hall–Kier alpha value is -1.85. The van der Waals surface area contributed by atoms with Gasteiger partial charge in [-0.15, -0.1) is 0 Å². The Bertz CT molecular complexity index is 431. The predicted octanol–water partition coefficient (Wildman–Crippen LogP) is 0.880. The van der Waals surface area contributed by atoms with Crippen molar-refractivity contribution in [1.82, 2.24) is 9.97 Å². The second-order valence-electron chi connectivity index (χ2n) is 4.33. The van der Waals surface area contributed by atoms with Crippen molar-refractivity contribution in [2.45, 2.75) is 25.8 Å². The molecule has 0 saturated heterocycles. The van der Waals surface area contributed by atoms with E-state index in [9.17, 15) is 4.79 Å². The van der Waals surface area contributed by atoms with Crippen molar-refractivity contribution in [3.05, 3.63) is 11.9 Å². The van der Waals surface area contributed by atoms with Gasteiger partial charge in [0.2, 0.25) is 0 Å². The zero-order chi connectivity index (χ0) is 12.4. The molecule has 0 amide bonds. The monoisotopic (exact) mass is 236 g/mol. The second kappa shape index (κ2) is 4.57. The molecule has 1 aliphatic carbocycles. The number of aryl methyl sites for hydroxylation is 1. The van der Waals surface area contributed by atoms with Gasteiger partial charge in [-0.3, -0.25) is 4.79 Å². The molecule has 0 radical (unpaired) electrons. The number of nitrogens with zero attached hydrogens (tertiary/aromatic N) is 3. The molecule has 0 atom stereocenters. The number of carboxylic acids is 1. The van der Waals surface area contributed by atoms with E-state index >= 15 is 0 Å². The first-order valence-electron chi connectivity index (χ1n) is 5.60. The molecule has 2 N–H and O–H groups in total. The maximum absolute atomic E-state index is 10.6. The molecule has 1 fully saturated rings. The molecular weight excluding hydrogens is 220 g/mol. The van der Waals surface area contributed by atoms with E-state index in [1.54, 1.807) is 24.9 Å². The average Bonchev–Trinajstić information content (AvgIpc) is 2.99. The lowest BCUT2D eigenvalue weighted by atomic mass is 10.4. The molecule has 0 aliphatic heterocycles. The van der Waals surface area contributed by atoms with Crippen LogP contribution in [-0.4, -0.2) is 40.7 Å². The van der Waals surface area contributed by atoms with Gasteiger partial charge in [-0.25, -0.2) is 9.97 Å². The number of hydrogen-bond donors (Lipinski definition) is 2. The Balaban J connectivity index is 2.14. The van der Waals surface area contributed by atoms with E-state index in [-0.39, 0.29) is 6.54 Å². The first kappa shape index (κ1) is 11.6. The minimum Gasteiger partial charge on any atom is -0.480 e. The lowest BCUT2D eigenvalue weighted by Gasteiger charge is -2.17. The van der Waals surface area contributed by atoms with Crippen molar-refractivity contribution in [2.75, 3.05) is 23.8 Å².